The van der Waals surface area contributed by atoms with Gasteiger partial charge in [-0.2, -0.15) is 0 Å². The van der Waals surface area contributed by atoms with Crippen molar-refractivity contribution in [2.75, 3.05) is 0 Å². The van der Waals surface area contributed by atoms with E-state index in [0.717, 1.165) is 17.8 Å². The maximum atomic E-state index is 6.31. The van der Waals surface area contributed by atoms with E-state index in [1.165, 1.54) is 37.7 Å². The van der Waals surface area contributed by atoms with Crippen molar-refractivity contribution in [2.45, 2.75) is 38.1 Å². The third kappa shape index (κ3) is 1.89. The second-order valence-electron chi connectivity index (χ2n) is 5.69. The molecule has 16 heavy (non-hydrogen) atoms. The Kier molecular flexibility index (Phi) is 2.72. The summed E-state index contributed by atoms with van der Waals surface area (Å²) in [5.74, 6) is 2.95. The predicted molar refractivity (Wildman–Crippen MR) is 66.9 cm³/mol. The molecule has 0 heterocycles. The van der Waals surface area contributed by atoms with E-state index in [-0.39, 0.29) is 6.04 Å². The summed E-state index contributed by atoms with van der Waals surface area (Å²) in [5.41, 5.74) is 7.62. The standard InChI is InChI=1S/C15H21N/c16-15(12-4-2-1-3-5-12)10-14-9-11-6-7-13(14)8-11/h1-5,11,13-15H,6-10,16H2. The van der Waals surface area contributed by atoms with Crippen LogP contribution in [-0.2, 0) is 0 Å². The Morgan fingerprint density at radius 3 is 2.56 bits per heavy atom. The first-order valence-electron chi connectivity index (χ1n) is 6.63. The van der Waals surface area contributed by atoms with Crippen molar-refractivity contribution in [3.05, 3.63) is 35.9 Å². The number of rotatable bonds is 3. The van der Waals surface area contributed by atoms with Crippen LogP contribution >= 0.6 is 0 Å². The van der Waals surface area contributed by atoms with Crippen LogP contribution in [0.4, 0.5) is 0 Å². The second kappa shape index (κ2) is 4.21. The van der Waals surface area contributed by atoms with Gasteiger partial charge in [-0.1, -0.05) is 36.8 Å². The first kappa shape index (κ1) is 10.3. The molecule has 2 N–H and O–H groups in total. The SMILES string of the molecule is NC(CC1CC2CCC1C2)c1ccccc1. The predicted octanol–water partition coefficient (Wildman–Crippen LogP) is 3.51. The van der Waals surface area contributed by atoms with Crippen molar-refractivity contribution >= 4 is 0 Å². The summed E-state index contributed by atoms with van der Waals surface area (Å²) in [6.45, 7) is 0. The molecule has 1 nitrogen and oxygen atoms in total. The van der Waals surface area contributed by atoms with Gasteiger partial charge in [0.15, 0.2) is 0 Å². The van der Waals surface area contributed by atoms with Crippen LogP contribution in [0.5, 0.6) is 0 Å². The summed E-state index contributed by atoms with van der Waals surface area (Å²) in [6, 6.07) is 10.8. The van der Waals surface area contributed by atoms with Crippen molar-refractivity contribution in [2.24, 2.45) is 23.5 Å². The fraction of sp³-hybridized carbons (Fsp3) is 0.600. The van der Waals surface area contributed by atoms with Crippen molar-refractivity contribution in [1.82, 2.24) is 0 Å². The van der Waals surface area contributed by atoms with Gasteiger partial charge in [0.25, 0.3) is 0 Å². The van der Waals surface area contributed by atoms with Crippen LogP contribution in [0.1, 0.15) is 43.7 Å². The lowest BCUT2D eigenvalue weighted by molar-refractivity contribution is 0.296. The second-order valence-corrected chi connectivity index (χ2v) is 5.69. The molecule has 2 aliphatic rings. The molecule has 4 unspecified atom stereocenters. The molecule has 0 aliphatic heterocycles. The molecule has 2 aliphatic carbocycles. The van der Waals surface area contributed by atoms with E-state index in [1.54, 1.807) is 0 Å². The van der Waals surface area contributed by atoms with Crippen LogP contribution in [-0.4, -0.2) is 0 Å². The summed E-state index contributed by atoms with van der Waals surface area (Å²) in [5, 5.41) is 0. The molecule has 2 saturated carbocycles. The molecular formula is C15H21N. The van der Waals surface area contributed by atoms with Crippen molar-refractivity contribution in [1.29, 1.82) is 0 Å². The highest BCUT2D eigenvalue weighted by atomic mass is 14.6. The first-order chi connectivity index (χ1) is 7.83. The Hall–Kier alpha value is -0.820. The fourth-order valence-electron chi connectivity index (χ4n) is 3.83. The third-order valence-corrected chi connectivity index (χ3v) is 4.67. The average Bonchev–Trinajstić information content (AvgIpc) is 2.92. The van der Waals surface area contributed by atoms with Gasteiger partial charge in [0.1, 0.15) is 0 Å². The molecule has 1 aromatic rings. The molecule has 86 valence electrons. The topological polar surface area (TPSA) is 26.0 Å². The highest BCUT2D eigenvalue weighted by Crippen LogP contribution is 2.50. The van der Waals surface area contributed by atoms with Gasteiger partial charge in [0.05, 0.1) is 0 Å². The Bertz CT molecular complexity index is 346. The van der Waals surface area contributed by atoms with Gasteiger partial charge in [-0.25, -0.2) is 0 Å². The summed E-state index contributed by atoms with van der Waals surface area (Å²) < 4.78 is 0. The molecular weight excluding hydrogens is 194 g/mol. The maximum absolute atomic E-state index is 6.31. The molecule has 0 amide bonds. The van der Waals surface area contributed by atoms with Crippen LogP contribution in [0.25, 0.3) is 0 Å². The van der Waals surface area contributed by atoms with Gasteiger partial charge in [-0.05, 0) is 49.0 Å². The summed E-state index contributed by atoms with van der Waals surface area (Å²) in [6.07, 6.45) is 7.10. The zero-order valence-electron chi connectivity index (χ0n) is 9.81. The molecule has 2 fully saturated rings. The molecule has 0 spiro atoms. The number of fused-ring (bicyclic) bond motifs is 2. The van der Waals surface area contributed by atoms with Gasteiger partial charge in [0, 0.05) is 6.04 Å². The molecule has 1 heteroatoms. The van der Waals surface area contributed by atoms with Crippen LogP contribution < -0.4 is 5.73 Å². The van der Waals surface area contributed by atoms with E-state index in [2.05, 4.69) is 30.3 Å². The normalized spacial score (nSPS) is 34.2. The van der Waals surface area contributed by atoms with E-state index >= 15 is 0 Å². The van der Waals surface area contributed by atoms with E-state index in [4.69, 9.17) is 5.73 Å². The van der Waals surface area contributed by atoms with Gasteiger partial charge in [-0.15, -0.1) is 0 Å². The molecule has 0 radical (unpaired) electrons. The van der Waals surface area contributed by atoms with Crippen LogP contribution in [0.3, 0.4) is 0 Å². The Morgan fingerprint density at radius 2 is 1.94 bits per heavy atom. The number of hydrogen-bond acceptors (Lipinski definition) is 1. The fourth-order valence-corrected chi connectivity index (χ4v) is 3.83. The van der Waals surface area contributed by atoms with Gasteiger partial charge in [0.2, 0.25) is 0 Å². The van der Waals surface area contributed by atoms with Crippen molar-refractivity contribution in [3.63, 3.8) is 0 Å². The van der Waals surface area contributed by atoms with E-state index in [9.17, 15) is 0 Å². The molecule has 4 atom stereocenters. The minimum Gasteiger partial charge on any atom is -0.324 e. The lowest BCUT2D eigenvalue weighted by Gasteiger charge is -2.24. The molecule has 3 rings (SSSR count). The quantitative estimate of drug-likeness (QED) is 0.820. The largest absolute Gasteiger partial charge is 0.324 e. The lowest BCUT2D eigenvalue weighted by atomic mass is 9.83. The lowest BCUT2D eigenvalue weighted by Crippen LogP contribution is -2.19. The molecule has 1 aromatic carbocycles. The zero-order valence-corrected chi connectivity index (χ0v) is 9.81. The molecule has 2 bridgehead atoms. The van der Waals surface area contributed by atoms with Crippen LogP contribution in [0.15, 0.2) is 30.3 Å². The number of hydrogen-bond donors (Lipinski definition) is 1. The Labute approximate surface area is 98.0 Å². The minimum atomic E-state index is 0.255. The molecule has 0 saturated heterocycles. The highest BCUT2D eigenvalue weighted by Gasteiger charge is 2.39. The van der Waals surface area contributed by atoms with E-state index in [0.29, 0.717) is 0 Å². The number of benzene rings is 1. The smallest absolute Gasteiger partial charge is 0.0297 e. The Morgan fingerprint density at radius 1 is 1.12 bits per heavy atom. The van der Waals surface area contributed by atoms with Gasteiger partial charge >= 0.3 is 0 Å². The highest BCUT2D eigenvalue weighted by molar-refractivity contribution is 5.18. The van der Waals surface area contributed by atoms with Crippen LogP contribution in [0, 0.1) is 17.8 Å². The third-order valence-electron chi connectivity index (χ3n) is 4.67. The van der Waals surface area contributed by atoms with E-state index < -0.39 is 0 Å². The first-order valence-corrected chi connectivity index (χ1v) is 6.63. The number of nitrogens with two attached hydrogens (primary N) is 1. The van der Waals surface area contributed by atoms with E-state index in [1.807, 2.05) is 0 Å². The maximum Gasteiger partial charge on any atom is 0.0297 e. The van der Waals surface area contributed by atoms with Gasteiger partial charge in [-0.3, -0.25) is 0 Å². The minimum absolute atomic E-state index is 0.255. The molecule has 0 aromatic heterocycles. The Balaban J connectivity index is 1.63. The zero-order chi connectivity index (χ0) is 11.0. The average molecular weight is 215 g/mol. The van der Waals surface area contributed by atoms with Crippen LogP contribution in [0.2, 0.25) is 0 Å². The summed E-state index contributed by atoms with van der Waals surface area (Å²) >= 11 is 0. The van der Waals surface area contributed by atoms with Gasteiger partial charge < -0.3 is 5.73 Å². The van der Waals surface area contributed by atoms with Crippen molar-refractivity contribution < 1.29 is 0 Å². The monoisotopic (exact) mass is 215 g/mol. The van der Waals surface area contributed by atoms with Crippen molar-refractivity contribution in [3.8, 4) is 0 Å². The summed E-state index contributed by atoms with van der Waals surface area (Å²) in [7, 11) is 0. The summed E-state index contributed by atoms with van der Waals surface area (Å²) in [4.78, 5) is 0.